The molecule has 0 fully saturated rings. The van der Waals surface area contributed by atoms with E-state index in [1.807, 2.05) is 68.4 Å². The molecular weight excluding hydrogens is 464 g/mol. The average Bonchev–Trinajstić information content (AvgIpc) is 2.88. The Morgan fingerprint density at radius 2 is 1.57 bits per heavy atom. The Labute approximate surface area is 219 Å². The molecule has 0 spiro atoms. The predicted molar refractivity (Wildman–Crippen MR) is 148 cm³/mol. The van der Waals surface area contributed by atoms with Gasteiger partial charge in [0.15, 0.2) is 0 Å². The lowest BCUT2D eigenvalue weighted by Crippen LogP contribution is -2.51. The minimum atomic E-state index is -0.771. The SMILES string of the molecule is Cc1cc(OCc2ccc(N)cc2)cc(C)c1C[C@H](N)C(=O)N[C@H](C)C(=O)NCCCc1ccccc1. The molecule has 0 aliphatic carbocycles. The fourth-order valence-electron chi connectivity index (χ4n) is 4.14. The first-order valence-corrected chi connectivity index (χ1v) is 12.7. The van der Waals surface area contributed by atoms with E-state index in [1.165, 1.54) is 5.56 Å². The molecular formula is C30H38N4O3. The summed E-state index contributed by atoms with van der Waals surface area (Å²) in [5, 5.41) is 5.62. The quantitative estimate of drug-likeness (QED) is 0.223. The van der Waals surface area contributed by atoms with Crippen molar-refractivity contribution < 1.29 is 14.3 Å². The molecule has 0 unspecified atom stereocenters. The maximum absolute atomic E-state index is 12.7. The normalized spacial score (nSPS) is 12.4. The molecule has 7 heteroatoms. The molecule has 0 heterocycles. The Bertz CT molecular complexity index is 1160. The molecule has 0 saturated heterocycles. The number of nitrogen functional groups attached to an aromatic ring is 1. The summed E-state index contributed by atoms with van der Waals surface area (Å²) in [6.07, 6.45) is 2.08. The number of nitrogens with two attached hydrogens (primary N) is 2. The molecule has 3 aromatic rings. The van der Waals surface area contributed by atoms with Crippen LogP contribution in [0.5, 0.6) is 5.75 Å². The van der Waals surface area contributed by atoms with Gasteiger partial charge in [-0.3, -0.25) is 9.59 Å². The van der Waals surface area contributed by atoms with Gasteiger partial charge in [0, 0.05) is 12.2 Å². The van der Waals surface area contributed by atoms with Crippen molar-refractivity contribution in [3.63, 3.8) is 0 Å². The number of benzene rings is 3. The Morgan fingerprint density at radius 3 is 2.22 bits per heavy atom. The third kappa shape index (κ3) is 8.65. The first kappa shape index (κ1) is 27.7. The van der Waals surface area contributed by atoms with Gasteiger partial charge in [-0.2, -0.15) is 0 Å². The Hall–Kier alpha value is -3.84. The van der Waals surface area contributed by atoms with Crippen LogP contribution in [-0.2, 0) is 29.0 Å². The second-order valence-electron chi connectivity index (χ2n) is 9.49. The van der Waals surface area contributed by atoms with E-state index in [0.717, 1.165) is 40.8 Å². The van der Waals surface area contributed by atoms with Crippen LogP contribution in [0.1, 0.15) is 41.2 Å². The van der Waals surface area contributed by atoms with E-state index in [0.29, 0.717) is 25.3 Å². The standard InChI is InChI=1S/C30H38N4O3/c1-20-16-26(37-19-24-11-13-25(31)14-12-24)17-21(2)27(20)18-28(32)30(36)34-22(3)29(35)33-15-7-10-23-8-5-4-6-9-23/h4-6,8-9,11-14,16-17,22,28H,7,10,15,18-19,31-32H2,1-3H3,(H,33,35)(H,34,36)/t22-,28+/m1/s1. The monoisotopic (exact) mass is 502 g/mol. The van der Waals surface area contributed by atoms with Gasteiger partial charge in [0.05, 0.1) is 6.04 Å². The third-order valence-corrected chi connectivity index (χ3v) is 6.35. The number of aryl methyl sites for hydroxylation is 3. The lowest BCUT2D eigenvalue weighted by molar-refractivity contribution is -0.129. The molecule has 37 heavy (non-hydrogen) atoms. The van der Waals surface area contributed by atoms with Crippen molar-refractivity contribution >= 4 is 17.5 Å². The summed E-state index contributed by atoms with van der Waals surface area (Å²) in [7, 11) is 0. The van der Waals surface area contributed by atoms with Crippen molar-refractivity contribution in [1.82, 2.24) is 10.6 Å². The molecule has 0 saturated carbocycles. The molecule has 196 valence electrons. The van der Waals surface area contributed by atoms with E-state index >= 15 is 0 Å². The van der Waals surface area contributed by atoms with Crippen LogP contribution in [0.15, 0.2) is 66.7 Å². The highest BCUT2D eigenvalue weighted by molar-refractivity contribution is 5.89. The molecule has 0 aliphatic heterocycles. The van der Waals surface area contributed by atoms with E-state index in [9.17, 15) is 9.59 Å². The number of nitrogens with one attached hydrogen (secondary N) is 2. The van der Waals surface area contributed by atoms with Crippen LogP contribution >= 0.6 is 0 Å². The largest absolute Gasteiger partial charge is 0.489 e. The van der Waals surface area contributed by atoms with Crippen molar-refractivity contribution in [3.8, 4) is 5.75 Å². The van der Waals surface area contributed by atoms with Gasteiger partial charge in [-0.05, 0) is 92.1 Å². The van der Waals surface area contributed by atoms with Crippen LogP contribution in [0, 0.1) is 13.8 Å². The van der Waals surface area contributed by atoms with E-state index in [1.54, 1.807) is 6.92 Å². The second-order valence-corrected chi connectivity index (χ2v) is 9.49. The smallest absolute Gasteiger partial charge is 0.242 e. The molecule has 3 aromatic carbocycles. The minimum absolute atomic E-state index is 0.219. The van der Waals surface area contributed by atoms with Gasteiger partial charge >= 0.3 is 0 Å². The van der Waals surface area contributed by atoms with Gasteiger partial charge in [-0.15, -0.1) is 0 Å². The second kappa shape index (κ2) is 13.5. The van der Waals surface area contributed by atoms with Crippen LogP contribution in [0.4, 0.5) is 5.69 Å². The fourth-order valence-corrected chi connectivity index (χ4v) is 4.14. The van der Waals surface area contributed by atoms with Gasteiger partial charge in [-0.25, -0.2) is 0 Å². The van der Waals surface area contributed by atoms with Crippen LogP contribution in [0.2, 0.25) is 0 Å². The average molecular weight is 503 g/mol. The van der Waals surface area contributed by atoms with Crippen molar-refractivity contribution in [3.05, 3.63) is 94.5 Å². The fraction of sp³-hybridized carbons (Fsp3) is 0.333. The van der Waals surface area contributed by atoms with Crippen molar-refractivity contribution in [1.29, 1.82) is 0 Å². The lowest BCUT2D eigenvalue weighted by atomic mass is 9.96. The first-order valence-electron chi connectivity index (χ1n) is 12.7. The summed E-state index contributed by atoms with van der Waals surface area (Å²) in [6.45, 7) is 6.61. The van der Waals surface area contributed by atoms with E-state index in [-0.39, 0.29) is 11.8 Å². The summed E-state index contributed by atoms with van der Waals surface area (Å²) < 4.78 is 5.95. The Kier molecular flexibility index (Phi) is 10.1. The van der Waals surface area contributed by atoms with Crippen LogP contribution < -0.4 is 26.8 Å². The first-order chi connectivity index (χ1) is 17.7. The molecule has 3 rings (SSSR count). The topological polar surface area (TPSA) is 119 Å². The van der Waals surface area contributed by atoms with E-state index in [4.69, 9.17) is 16.2 Å². The highest BCUT2D eigenvalue weighted by Gasteiger charge is 2.21. The van der Waals surface area contributed by atoms with Crippen LogP contribution in [0.3, 0.4) is 0 Å². The van der Waals surface area contributed by atoms with Crippen LogP contribution in [0.25, 0.3) is 0 Å². The Morgan fingerprint density at radius 1 is 0.919 bits per heavy atom. The van der Waals surface area contributed by atoms with Crippen molar-refractivity contribution in [2.24, 2.45) is 5.73 Å². The zero-order valence-corrected chi connectivity index (χ0v) is 21.9. The Balaban J connectivity index is 1.46. The third-order valence-electron chi connectivity index (χ3n) is 6.35. The van der Waals surface area contributed by atoms with E-state index < -0.39 is 12.1 Å². The summed E-state index contributed by atoms with van der Waals surface area (Å²) in [5.74, 6) is 0.184. The predicted octanol–water partition coefficient (Wildman–Crippen LogP) is 3.59. The molecule has 0 bridgehead atoms. The molecule has 0 aromatic heterocycles. The molecule has 6 N–H and O–H groups in total. The number of ether oxygens (including phenoxy) is 1. The van der Waals surface area contributed by atoms with E-state index in [2.05, 4.69) is 22.8 Å². The van der Waals surface area contributed by atoms with Gasteiger partial charge in [0.1, 0.15) is 18.4 Å². The highest BCUT2D eigenvalue weighted by Crippen LogP contribution is 2.24. The molecule has 2 atom stereocenters. The molecule has 0 aliphatic rings. The number of carbonyl (C=O) groups excluding carboxylic acids is 2. The highest BCUT2D eigenvalue weighted by atomic mass is 16.5. The number of rotatable bonds is 12. The van der Waals surface area contributed by atoms with Crippen molar-refractivity contribution in [2.45, 2.75) is 58.7 Å². The van der Waals surface area contributed by atoms with Gasteiger partial charge in [0.2, 0.25) is 11.8 Å². The molecule has 2 amide bonds. The number of hydrogen-bond acceptors (Lipinski definition) is 5. The van der Waals surface area contributed by atoms with Crippen molar-refractivity contribution in [2.75, 3.05) is 12.3 Å². The van der Waals surface area contributed by atoms with Gasteiger partial charge in [0.25, 0.3) is 0 Å². The maximum atomic E-state index is 12.7. The lowest BCUT2D eigenvalue weighted by Gasteiger charge is -2.19. The maximum Gasteiger partial charge on any atom is 0.242 e. The number of carbonyl (C=O) groups is 2. The summed E-state index contributed by atoms with van der Waals surface area (Å²) >= 11 is 0. The zero-order chi connectivity index (χ0) is 26.8. The molecule has 7 nitrogen and oxygen atoms in total. The number of amides is 2. The summed E-state index contributed by atoms with van der Waals surface area (Å²) in [4.78, 5) is 25.1. The van der Waals surface area contributed by atoms with Gasteiger partial charge < -0.3 is 26.8 Å². The summed E-state index contributed by atoms with van der Waals surface area (Å²) in [6, 6.07) is 20.2. The number of hydrogen-bond donors (Lipinski definition) is 4. The van der Waals surface area contributed by atoms with Crippen LogP contribution in [-0.4, -0.2) is 30.4 Å². The minimum Gasteiger partial charge on any atom is -0.489 e. The number of anilines is 1. The summed E-state index contributed by atoms with van der Waals surface area (Å²) in [5.41, 5.74) is 17.9. The van der Waals surface area contributed by atoms with Gasteiger partial charge in [-0.1, -0.05) is 42.5 Å². The zero-order valence-electron chi connectivity index (χ0n) is 21.9. The molecule has 0 radical (unpaired) electrons.